The van der Waals surface area contributed by atoms with Gasteiger partial charge < -0.3 is 24.8 Å². The lowest BCUT2D eigenvalue weighted by atomic mass is 9.93. The third-order valence-electron chi connectivity index (χ3n) is 4.84. The van der Waals surface area contributed by atoms with E-state index in [1.807, 2.05) is 36.4 Å². The SMILES string of the molecule is COc1ccc(CNC(=O)NC2CCC(Oc3ccccn3)CC2)cc1OC. The van der Waals surface area contributed by atoms with Crippen LogP contribution in [0.4, 0.5) is 4.79 Å². The minimum Gasteiger partial charge on any atom is -0.493 e. The smallest absolute Gasteiger partial charge is 0.315 e. The van der Waals surface area contributed by atoms with Gasteiger partial charge in [-0.2, -0.15) is 0 Å². The van der Waals surface area contributed by atoms with E-state index in [0.717, 1.165) is 31.2 Å². The Hall–Kier alpha value is -2.96. The van der Waals surface area contributed by atoms with Crippen molar-refractivity contribution >= 4 is 6.03 Å². The molecule has 0 atom stereocenters. The highest BCUT2D eigenvalue weighted by Gasteiger charge is 2.23. The summed E-state index contributed by atoms with van der Waals surface area (Å²) in [5.74, 6) is 1.97. The zero-order valence-electron chi connectivity index (χ0n) is 16.3. The number of carbonyl (C=O) groups is 1. The Balaban J connectivity index is 1.40. The van der Waals surface area contributed by atoms with E-state index in [-0.39, 0.29) is 18.2 Å². The van der Waals surface area contributed by atoms with Crippen molar-refractivity contribution in [3.63, 3.8) is 0 Å². The van der Waals surface area contributed by atoms with Gasteiger partial charge in [-0.25, -0.2) is 9.78 Å². The predicted octanol–water partition coefficient (Wildman–Crippen LogP) is 3.29. The molecule has 150 valence electrons. The molecule has 2 amide bonds. The molecule has 1 fully saturated rings. The highest BCUT2D eigenvalue weighted by Crippen LogP contribution is 2.27. The summed E-state index contributed by atoms with van der Waals surface area (Å²) in [5, 5.41) is 5.95. The molecule has 7 heteroatoms. The van der Waals surface area contributed by atoms with Crippen LogP contribution in [-0.4, -0.2) is 37.4 Å². The fraction of sp³-hybridized carbons (Fsp3) is 0.429. The summed E-state index contributed by atoms with van der Waals surface area (Å²) < 4.78 is 16.4. The topological polar surface area (TPSA) is 81.7 Å². The minimum absolute atomic E-state index is 0.155. The largest absolute Gasteiger partial charge is 0.493 e. The normalized spacial score (nSPS) is 18.8. The summed E-state index contributed by atoms with van der Waals surface area (Å²) in [7, 11) is 3.19. The van der Waals surface area contributed by atoms with Crippen LogP contribution in [0.25, 0.3) is 0 Å². The number of carbonyl (C=O) groups excluding carboxylic acids is 1. The first-order chi connectivity index (χ1) is 13.7. The monoisotopic (exact) mass is 385 g/mol. The van der Waals surface area contributed by atoms with Gasteiger partial charge in [-0.3, -0.25) is 0 Å². The van der Waals surface area contributed by atoms with E-state index < -0.39 is 0 Å². The molecule has 1 saturated carbocycles. The molecule has 0 spiro atoms. The third-order valence-corrected chi connectivity index (χ3v) is 4.84. The van der Waals surface area contributed by atoms with Gasteiger partial charge in [-0.05, 0) is 49.4 Å². The number of urea groups is 1. The maximum atomic E-state index is 12.2. The van der Waals surface area contributed by atoms with Crippen molar-refractivity contribution in [2.24, 2.45) is 0 Å². The standard InChI is InChI=1S/C21H27N3O4/c1-26-18-11-6-15(13-19(18)27-2)14-23-21(25)24-16-7-9-17(10-8-16)28-20-5-3-4-12-22-20/h3-6,11-13,16-17H,7-10,14H2,1-2H3,(H2,23,24,25). The zero-order valence-corrected chi connectivity index (χ0v) is 16.3. The van der Waals surface area contributed by atoms with Crippen LogP contribution in [0.1, 0.15) is 31.2 Å². The van der Waals surface area contributed by atoms with Crippen LogP contribution >= 0.6 is 0 Å². The minimum atomic E-state index is -0.163. The van der Waals surface area contributed by atoms with E-state index in [4.69, 9.17) is 14.2 Å². The third kappa shape index (κ3) is 5.52. The molecule has 2 aromatic rings. The number of hydrogen-bond donors (Lipinski definition) is 2. The van der Waals surface area contributed by atoms with E-state index in [2.05, 4.69) is 15.6 Å². The Morgan fingerprint density at radius 1 is 1.07 bits per heavy atom. The Morgan fingerprint density at radius 2 is 1.86 bits per heavy atom. The van der Waals surface area contributed by atoms with Gasteiger partial charge in [0.25, 0.3) is 0 Å². The Kier molecular flexibility index (Phi) is 6.94. The Labute approximate surface area is 165 Å². The maximum absolute atomic E-state index is 12.2. The lowest BCUT2D eigenvalue weighted by Gasteiger charge is -2.29. The summed E-state index contributed by atoms with van der Waals surface area (Å²) in [6.07, 6.45) is 5.46. The second kappa shape index (κ2) is 9.82. The molecule has 1 heterocycles. The maximum Gasteiger partial charge on any atom is 0.315 e. The first-order valence-electron chi connectivity index (χ1n) is 9.51. The highest BCUT2D eigenvalue weighted by atomic mass is 16.5. The molecular formula is C21H27N3O4. The van der Waals surface area contributed by atoms with Gasteiger partial charge in [0, 0.05) is 24.8 Å². The van der Waals surface area contributed by atoms with Crippen molar-refractivity contribution < 1.29 is 19.0 Å². The second-order valence-electron chi connectivity index (χ2n) is 6.78. The number of methoxy groups -OCH3 is 2. The van der Waals surface area contributed by atoms with Crippen molar-refractivity contribution in [2.45, 2.75) is 44.4 Å². The van der Waals surface area contributed by atoms with Crippen LogP contribution in [0.15, 0.2) is 42.6 Å². The summed E-state index contributed by atoms with van der Waals surface area (Å²) in [5.41, 5.74) is 0.945. The fourth-order valence-corrected chi connectivity index (χ4v) is 3.32. The van der Waals surface area contributed by atoms with Gasteiger partial charge in [0.2, 0.25) is 5.88 Å². The molecule has 1 aliphatic carbocycles. The Morgan fingerprint density at radius 3 is 2.54 bits per heavy atom. The summed E-state index contributed by atoms with van der Waals surface area (Å²) in [6, 6.07) is 11.2. The van der Waals surface area contributed by atoms with Crippen LogP contribution < -0.4 is 24.8 Å². The van der Waals surface area contributed by atoms with Crippen molar-refractivity contribution in [3.05, 3.63) is 48.2 Å². The summed E-state index contributed by atoms with van der Waals surface area (Å²) in [6.45, 7) is 0.421. The summed E-state index contributed by atoms with van der Waals surface area (Å²) in [4.78, 5) is 16.4. The number of pyridine rings is 1. The quantitative estimate of drug-likeness (QED) is 0.764. The molecule has 1 aromatic heterocycles. The van der Waals surface area contributed by atoms with Crippen molar-refractivity contribution in [2.75, 3.05) is 14.2 Å². The van der Waals surface area contributed by atoms with Crippen molar-refractivity contribution in [1.29, 1.82) is 0 Å². The van der Waals surface area contributed by atoms with Crippen LogP contribution in [0.5, 0.6) is 17.4 Å². The second-order valence-corrected chi connectivity index (χ2v) is 6.78. The number of nitrogens with zero attached hydrogens (tertiary/aromatic N) is 1. The predicted molar refractivity (Wildman–Crippen MR) is 106 cm³/mol. The van der Waals surface area contributed by atoms with Crippen molar-refractivity contribution in [3.8, 4) is 17.4 Å². The molecule has 1 aliphatic rings. The number of ether oxygens (including phenoxy) is 3. The molecule has 28 heavy (non-hydrogen) atoms. The van der Waals surface area contributed by atoms with E-state index in [1.54, 1.807) is 20.4 Å². The van der Waals surface area contributed by atoms with Gasteiger partial charge in [-0.1, -0.05) is 12.1 Å². The van der Waals surface area contributed by atoms with Gasteiger partial charge >= 0.3 is 6.03 Å². The van der Waals surface area contributed by atoms with Crippen LogP contribution in [-0.2, 0) is 6.54 Å². The number of aromatic nitrogens is 1. The first-order valence-corrected chi connectivity index (χ1v) is 9.51. The van der Waals surface area contributed by atoms with Crippen LogP contribution in [0.3, 0.4) is 0 Å². The van der Waals surface area contributed by atoms with E-state index in [0.29, 0.717) is 23.9 Å². The number of amides is 2. The van der Waals surface area contributed by atoms with Gasteiger partial charge in [0.05, 0.1) is 14.2 Å². The van der Waals surface area contributed by atoms with Crippen LogP contribution in [0.2, 0.25) is 0 Å². The number of rotatable bonds is 7. The average molecular weight is 385 g/mol. The molecule has 3 rings (SSSR count). The first kappa shape index (κ1) is 19.8. The van der Waals surface area contributed by atoms with E-state index in [9.17, 15) is 4.79 Å². The fourth-order valence-electron chi connectivity index (χ4n) is 3.32. The molecule has 0 unspecified atom stereocenters. The molecule has 7 nitrogen and oxygen atoms in total. The van der Waals surface area contributed by atoms with Crippen LogP contribution in [0, 0.1) is 0 Å². The molecular weight excluding hydrogens is 358 g/mol. The highest BCUT2D eigenvalue weighted by molar-refractivity contribution is 5.74. The molecule has 0 bridgehead atoms. The molecule has 0 saturated heterocycles. The molecule has 2 N–H and O–H groups in total. The Bertz CT molecular complexity index is 762. The van der Waals surface area contributed by atoms with E-state index in [1.165, 1.54) is 0 Å². The zero-order chi connectivity index (χ0) is 19.8. The number of nitrogens with one attached hydrogen (secondary N) is 2. The number of benzene rings is 1. The van der Waals surface area contributed by atoms with Gasteiger partial charge in [0.15, 0.2) is 11.5 Å². The average Bonchev–Trinajstić information content (AvgIpc) is 2.74. The lowest BCUT2D eigenvalue weighted by molar-refractivity contribution is 0.135. The lowest BCUT2D eigenvalue weighted by Crippen LogP contribution is -2.44. The van der Waals surface area contributed by atoms with E-state index >= 15 is 0 Å². The van der Waals surface area contributed by atoms with Crippen molar-refractivity contribution in [1.82, 2.24) is 15.6 Å². The molecule has 1 aromatic carbocycles. The number of hydrogen-bond acceptors (Lipinski definition) is 5. The van der Waals surface area contributed by atoms with Gasteiger partial charge in [0.1, 0.15) is 6.10 Å². The molecule has 0 aliphatic heterocycles. The van der Waals surface area contributed by atoms with Gasteiger partial charge in [-0.15, -0.1) is 0 Å². The molecule has 0 radical (unpaired) electrons. The summed E-state index contributed by atoms with van der Waals surface area (Å²) >= 11 is 0.